The van der Waals surface area contributed by atoms with Crippen LogP contribution in [0.3, 0.4) is 0 Å². The molecule has 0 aliphatic carbocycles. The van der Waals surface area contributed by atoms with Crippen molar-refractivity contribution in [3.05, 3.63) is 29.7 Å². The standard InChI is InChI=1S/C10H12O3/c1-10(2,12)6-5-8-3-4-9(7-11)13-8/h3-7,12H,1-2H3/b6-5+. The average Bonchev–Trinajstić information content (AvgIpc) is 2.47. The van der Waals surface area contributed by atoms with E-state index in [2.05, 4.69) is 0 Å². The molecule has 1 heterocycles. The summed E-state index contributed by atoms with van der Waals surface area (Å²) < 4.78 is 5.06. The van der Waals surface area contributed by atoms with E-state index < -0.39 is 5.60 Å². The number of carbonyl (C=O) groups excluding carboxylic acids is 1. The van der Waals surface area contributed by atoms with Gasteiger partial charge in [-0.2, -0.15) is 0 Å². The smallest absolute Gasteiger partial charge is 0.185 e. The summed E-state index contributed by atoms with van der Waals surface area (Å²) in [7, 11) is 0. The fourth-order valence-corrected chi connectivity index (χ4v) is 0.807. The van der Waals surface area contributed by atoms with Crippen molar-refractivity contribution in [2.75, 3.05) is 0 Å². The highest BCUT2D eigenvalue weighted by Crippen LogP contribution is 2.11. The van der Waals surface area contributed by atoms with Crippen molar-refractivity contribution >= 4 is 12.4 Å². The van der Waals surface area contributed by atoms with Gasteiger partial charge in [0.1, 0.15) is 5.76 Å². The van der Waals surface area contributed by atoms with Gasteiger partial charge in [0.05, 0.1) is 5.60 Å². The minimum atomic E-state index is -0.867. The van der Waals surface area contributed by atoms with Crippen LogP contribution in [0.25, 0.3) is 6.08 Å². The Kier molecular flexibility index (Phi) is 2.68. The van der Waals surface area contributed by atoms with Crippen LogP contribution >= 0.6 is 0 Å². The van der Waals surface area contributed by atoms with Crippen LogP contribution in [-0.2, 0) is 0 Å². The number of aliphatic hydroxyl groups is 1. The second-order valence-corrected chi connectivity index (χ2v) is 3.34. The third kappa shape index (κ3) is 3.25. The summed E-state index contributed by atoms with van der Waals surface area (Å²) >= 11 is 0. The monoisotopic (exact) mass is 180 g/mol. The lowest BCUT2D eigenvalue weighted by Crippen LogP contribution is -2.13. The molecule has 13 heavy (non-hydrogen) atoms. The topological polar surface area (TPSA) is 50.4 Å². The molecule has 3 nitrogen and oxygen atoms in total. The van der Waals surface area contributed by atoms with Crippen LogP contribution in [0.1, 0.15) is 30.2 Å². The highest BCUT2D eigenvalue weighted by molar-refractivity contribution is 5.71. The van der Waals surface area contributed by atoms with E-state index in [9.17, 15) is 9.90 Å². The zero-order valence-corrected chi connectivity index (χ0v) is 7.65. The number of hydrogen-bond acceptors (Lipinski definition) is 3. The molecule has 0 amide bonds. The molecule has 0 unspecified atom stereocenters. The van der Waals surface area contributed by atoms with Gasteiger partial charge in [-0.05, 0) is 32.1 Å². The Morgan fingerprint density at radius 1 is 1.38 bits per heavy atom. The Hall–Kier alpha value is -1.35. The molecule has 0 bridgehead atoms. The van der Waals surface area contributed by atoms with Gasteiger partial charge in [0.2, 0.25) is 0 Å². The summed E-state index contributed by atoms with van der Waals surface area (Å²) in [6.07, 6.45) is 3.87. The van der Waals surface area contributed by atoms with Crippen molar-refractivity contribution < 1.29 is 14.3 Å². The molecule has 1 aromatic heterocycles. The van der Waals surface area contributed by atoms with Crippen LogP contribution < -0.4 is 0 Å². The molecular weight excluding hydrogens is 168 g/mol. The fraction of sp³-hybridized carbons (Fsp3) is 0.300. The van der Waals surface area contributed by atoms with E-state index >= 15 is 0 Å². The number of hydrogen-bond donors (Lipinski definition) is 1. The Labute approximate surface area is 76.7 Å². The van der Waals surface area contributed by atoms with E-state index in [1.54, 1.807) is 38.1 Å². The molecule has 3 heteroatoms. The number of furan rings is 1. The van der Waals surface area contributed by atoms with E-state index in [4.69, 9.17) is 4.42 Å². The van der Waals surface area contributed by atoms with Gasteiger partial charge in [0, 0.05) is 0 Å². The summed E-state index contributed by atoms with van der Waals surface area (Å²) in [5.41, 5.74) is -0.867. The maximum absolute atomic E-state index is 10.3. The van der Waals surface area contributed by atoms with Crippen molar-refractivity contribution in [1.82, 2.24) is 0 Å². The molecule has 0 saturated carbocycles. The zero-order valence-electron chi connectivity index (χ0n) is 7.65. The summed E-state index contributed by atoms with van der Waals surface area (Å²) in [6, 6.07) is 3.25. The van der Waals surface area contributed by atoms with Gasteiger partial charge in [-0.25, -0.2) is 0 Å². The fourth-order valence-electron chi connectivity index (χ4n) is 0.807. The quantitative estimate of drug-likeness (QED) is 0.722. The highest BCUT2D eigenvalue weighted by atomic mass is 16.3. The van der Waals surface area contributed by atoms with Crippen LogP contribution in [0.5, 0.6) is 0 Å². The molecule has 0 aliphatic rings. The van der Waals surface area contributed by atoms with Gasteiger partial charge in [0.25, 0.3) is 0 Å². The number of rotatable bonds is 3. The van der Waals surface area contributed by atoms with Crippen LogP contribution in [0.15, 0.2) is 22.6 Å². The Balaban J connectivity index is 2.74. The minimum absolute atomic E-state index is 0.287. The van der Waals surface area contributed by atoms with E-state index in [0.717, 1.165) is 0 Å². The Bertz CT molecular complexity index is 315. The third-order valence-electron chi connectivity index (χ3n) is 1.42. The minimum Gasteiger partial charge on any atom is -0.454 e. The lowest BCUT2D eigenvalue weighted by Gasteiger charge is -2.09. The molecule has 0 atom stereocenters. The first-order valence-corrected chi connectivity index (χ1v) is 3.98. The molecular formula is C10H12O3. The third-order valence-corrected chi connectivity index (χ3v) is 1.42. The van der Waals surface area contributed by atoms with E-state index in [-0.39, 0.29) is 5.76 Å². The van der Waals surface area contributed by atoms with E-state index in [1.165, 1.54) is 0 Å². The molecule has 0 spiro atoms. The number of carbonyl (C=O) groups is 1. The largest absolute Gasteiger partial charge is 0.454 e. The van der Waals surface area contributed by atoms with Crippen LogP contribution in [0.4, 0.5) is 0 Å². The van der Waals surface area contributed by atoms with Gasteiger partial charge in [0.15, 0.2) is 12.0 Å². The molecule has 70 valence electrons. The molecule has 0 fully saturated rings. The van der Waals surface area contributed by atoms with Crippen LogP contribution in [0.2, 0.25) is 0 Å². The predicted molar refractivity (Wildman–Crippen MR) is 49.4 cm³/mol. The maximum Gasteiger partial charge on any atom is 0.185 e. The second-order valence-electron chi connectivity index (χ2n) is 3.34. The summed E-state index contributed by atoms with van der Waals surface area (Å²) in [4.78, 5) is 10.3. The summed E-state index contributed by atoms with van der Waals surface area (Å²) in [5, 5.41) is 9.34. The highest BCUT2D eigenvalue weighted by Gasteiger charge is 2.06. The van der Waals surface area contributed by atoms with E-state index in [1.807, 2.05) is 0 Å². The molecule has 0 saturated heterocycles. The predicted octanol–water partition coefficient (Wildman–Crippen LogP) is 1.88. The number of aldehydes is 1. The van der Waals surface area contributed by atoms with Crippen molar-refractivity contribution in [2.45, 2.75) is 19.4 Å². The molecule has 1 aromatic rings. The first-order chi connectivity index (χ1) is 6.01. The summed E-state index contributed by atoms with van der Waals surface area (Å²) in [6.45, 7) is 3.32. The molecule has 0 aliphatic heterocycles. The Morgan fingerprint density at radius 2 is 2.00 bits per heavy atom. The lowest BCUT2D eigenvalue weighted by molar-refractivity contribution is 0.110. The Morgan fingerprint density at radius 3 is 2.46 bits per heavy atom. The van der Waals surface area contributed by atoms with Gasteiger partial charge in [-0.1, -0.05) is 6.08 Å². The summed E-state index contributed by atoms with van der Waals surface area (Å²) in [5.74, 6) is 0.847. The first-order valence-electron chi connectivity index (χ1n) is 3.98. The van der Waals surface area contributed by atoms with Crippen molar-refractivity contribution in [2.24, 2.45) is 0 Å². The van der Waals surface area contributed by atoms with Crippen LogP contribution in [0, 0.1) is 0 Å². The lowest BCUT2D eigenvalue weighted by atomic mass is 10.1. The van der Waals surface area contributed by atoms with Crippen molar-refractivity contribution in [3.63, 3.8) is 0 Å². The van der Waals surface area contributed by atoms with Crippen LogP contribution in [-0.4, -0.2) is 17.0 Å². The molecule has 1 N–H and O–H groups in total. The normalized spacial score (nSPS) is 12.2. The SMILES string of the molecule is CC(C)(O)/C=C/c1ccc(C=O)o1. The van der Waals surface area contributed by atoms with Gasteiger partial charge >= 0.3 is 0 Å². The first kappa shape index (κ1) is 9.74. The second kappa shape index (κ2) is 3.58. The van der Waals surface area contributed by atoms with Gasteiger partial charge < -0.3 is 9.52 Å². The van der Waals surface area contributed by atoms with Gasteiger partial charge in [-0.3, -0.25) is 4.79 Å². The van der Waals surface area contributed by atoms with Crippen molar-refractivity contribution in [1.29, 1.82) is 0 Å². The maximum atomic E-state index is 10.3. The molecule has 0 radical (unpaired) electrons. The van der Waals surface area contributed by atoms with Gasteiger partial charge in [-0.15, -0.1) is 0 Å². The molecule has 0 aromatic carbocycles. The zero-order chi connectivity index (χ0) is 9.90. The van der Waals surface area contributed by atoms with E-state index in [0.29, 0.717) is 12.0 Å². The molecule has 1 rings (SSSR count). The average molecular weight is 180 g/mol. The van der Waals surface area contributed by atoms with Crippen molar-refractivity contribution in [3.8, 4) is 0 Å².